The van der Waals surface area contributed by atoms with E-state index in [0.717, 1.165) is 22.3 Å². The van der Waals surface area contributed by atoms with Gasteiger partial charge >= 0.3 is 6.03 Å². The predicted molar refractivity (Wildman–Crippen MR) is 113 cm³/mol. The fourth-order valence-corrected chi connectivity index (χ4v) is 3.81. The number of carbonyl (C=O) groups is 2. The highest BCUT2D eigenvalue weighted by molar-refractivity contribution is 6.09. The Bertz CT molecular complexity index is 1160. The summed E-state index contributed by atoms with van der Waals surface area (Å²) in [5.74, 6) is -0.314. The van der Waals surface area contributed by atoms with E-state index in [0.29, 0.717) is 11.1 Å². The lowest BCUT2D eigenvalue weighted by Crippen LogP contribution is -2.45. The molecule has 1 aliphatic heterocycles. The van der Waals surface area contributed by atoms with E-state index in [1.54, 1.807) is 24.3 Å². The molecule has 148 valence electrons. The summed E-state index contributed by atoms with van der Waals surface area (Å²) in [5, 5.41) is 12.0. The number of aryl methyl sites for hydroxylation is 2. The lowest BCUT2D eigenvalue weighted by Gasteiger charge is -2.28. The molecule has 1 atom stereocenters. The summed E-state index contributed by atoms with van der Waals surface area (Å²) in [5.41, 5.74) is 3.66. The Hall–Kier alpha value is -3.91. The van der Waals surface area contributed by atoms with Gasteiger partial charge in [0, 0.05) is 0 Å². The second kappa shape index (κ2) is 7.49. The number of carbonyl (C=O) groups excluding carboxylic acids is 2. The molecule has 0 aromatic heterocycles. The van der Waals surface area contributed by atoms with E-state index in [-0.39, 0.29) is 12.5 Å². The molecule has 0 saturated carbocycles. The average molecular weight is 395 g/mol. The molecule has 0 radical (unpaired) electrons. The monoisotopic (exact) mass is 395 g/mol. The topological polar surface area (TPSA) is 73.2 Å². The molecule has 1 aliphatic rings. The second-order valence-electron chi connectivity index (χ2n) is 7.55. The summed E-state index contributed by atoms with van der Waals surface area (Å²) < 4.78 is 0. The molecule has 1 unspecified atom stereocenters. The summed E-state index contributed by atoms with van der Waals surface area (Å²) in [6.07, 6.45) is 0. The van der Waals surface area contributed by atoms with E-state index in [4.69, 9.17) is 5.26 Å². The van der Waals surface area contributed by atoms with Crippen molar-refractivity contribution in [2.75, 3.05) is 0 Å². The first-order valence-corrected chi connectivity index (χ1v) is 9.72. The van der Waals surface area contributed by atoms with Crippen LogP contribution >= 0.6 is 0 Å². The summed E-state index contributed by atoms with van der Waals surface area (Å²) in [4.78, 5) is 28.0. The van der Waals surface area contributed by atoms with Crippen LogP contribution in [-0.4, -0.2) is 16.8 Å². The minimum Gasteiger partial charge on any atom is -0.315 e. The van der Waals surface area contributed by atoms with E-state index in [2.05, 4.69) is 11.4 Å². The number of hydrogen-bond acceptors (Lipinski definition) is 3. The van der Waals surface area contributed by atoms with Crippen LogP contribution in [-0.2, 0) is 16.9 Å². The Morgan fingerprint density at radius 3 is 2.23 bits per heavy atom. The van der Waals surface area contributed by atoms with Crippen molar-refractivity contribution in [3.8, 4) is 6.07 Å². The molecule has 0 aliphatic carbocycles. The van der Waals surface area contributed by atoms with Crippen LogP contribution in [0.2, 0.25) is 0 Å². The Morgan fingerprint density at radius 2 is 1.60 bits per heavy atom. The molecule has 1 fully saturated rings. The van der Waals surface area contributed by atoms with Crippen LogP contribution in [0.15, 0.2) is 72.8 Å². The number of nitrogens with zero attached hydrogens (tertiary/aromatic N) is 2. The minimum atomic E-state index is -1.27. The molecular formula is C25H21N3O2. The predicted octanol–water partition coefficient (Wildman–Crippen LogP) is 4.17. The number of nitriles is 1. The van der Waals surface area contributed by atoms with Gasteiger partial charge in [-0.25, -0.2) is 4.79 Å². The van der Waals surface area contributed by atoms with Gasteiger partial charge in [-0.3, -0.25) is 9.69 Å². The quantitative estimate of drug-likeness (QED) is 0.674. The van der Waals surface area contributed by atoms with E-state index < -0.39 is 11.6 Å². The van der Waals surface area contributed by atoms with Gasteiger partial charge in [-0.1, -0.05) is 60.7 Å². The van der Waals surface area contributed by atoms with Gasteiger partial charge in [0.25, 0.3) is 5.91 Å². The van der Waals surface area contributed by atoms with Crippen LogP contribution in [0.1, 0.15) is 33.4 Å². The maximum absolute atomic E-state index is 13.8. The second-order valence-corrected chi connectivity index (χ2v) is 7.55. The zero-order valence-electron chi connectivity index (χ0n) is 16.8. The highest BCUT2D eigenvalue weighted by Crippen LogP contribution is 2.37. The van der Waals surface area contributed by atoms with Crippen molar-refractivity contribution in [1.82, 2.24) is 10.2 Å². The number of nitrogens with one attached hydrogen (secondary N) is 1. The minimum absolute atomic E-state index is 0.135. The zero-order valence-corrected chi connectivity index (χ0v) is 16.8. The largest absolute Gasteiger partial charge is 0.325 e. The van der Waals surface area contributed by atoms with Crippen molar-refractivity contribution in [3.63, 3.8) is 0 Å². The Labute approximate surface area is 175 Å². The van der Waals surface area contributed by atoms with E-state index in [9.17, 15) is 9.59 Å². The third-order valence-electron chi connectivity index (χ3n) is 5.68. The van der Waals surface area contributed by atoms with Gasteiger partial charge in [0.15, 0.2) is 5.54 Å². The van der Waals surface area contributed by atoms with Crippen molar-refractivity contribution < 1.29 is 9.59 Å². The number of imide groups is 1. The Morgan fingerprint density at radius 1 is 0.900 bits per heavy atom. The van der Waals surface area contributed by atoms with Gasteiger partial charge in [-0.05, 0) is 53.8 Å². The van der Waals surface area contributed by atoms with Crippen molar-refractivity contribution in [3.05, 3.63) is 106 Å². The molecule has 1 saturated heterocycles. The van der Waals surface area contributed by atoms with Crippen LogP contribution < -0.4 is 5.32 Å². The van der Waals surface area contributed by atoms with Crippen molar-refractivity contribution in [2.45, 2.75) is 25.9 Å². The SMILES string of the molecule is Cc1ccc(C2(c3ccccc3)NC(=O)N(Cc3ccc(C#N)cc3)C2=O)cc1C. The molecule has 1 heterocycles. The van der Waals surface area contributed by atoms with E-state index >= 15 is 0 Å². The van der Waals surface area contributed by atoms with E-state index in [1.165, 1.54) is 4.90 Å². The van der Waals surface area contributed by atoms with Gasteiger partial charge in [0.05, 0.1) is 18.2 Å². The third kappa shape index (κ3) is 3.13. The Kier molecular flexibility index (Phi) is 4.85. The van der Waals surface area contributed by atoms with Gasteiger partial charge in [-0.15, -0.1) is 0 Å². The molecule has 0 spiro atoms. The van der Waals surface area contributed by atoms with Crippen LogP contribution in [0.3, 0.4) is 0 Å². The molecule has 5 nitrogen and oxygen atoms in total. The maximum Gasteiger partial charge on any atom is 0.325 e. The zero-order chi connectivity index (χ0) is 21.3. The smallest absolute Gasteiger partial charge is 0.315 e. The van der Waals surface area contributed by atoms with E-state index in [1.807, 2.05) is 62.4 Å². The fraction of sp³-hybridized carbons (Fsp3) is 0.160. The molecule has 3 aromatic carbocycles. The standard InChI is InChI=1S/C25H21N3O2/c1-17-8-13-22(14-18(17)2)25(21-6-4-3-5-7-21)23(29)28(24(30)27-25)16-20-11-9-19(15-26)10-12-20/h3-14H,16H2,1-2H3,(H,27,30). The van der Waals surface area contributed by atoms with Gasteiger partial charge in [-0.2, -0.15) is 5.26 Å². The van der Waals surface area contributed by atoms with Gasteiger partial charge < -0.3 is 5.32 Å². The third-order valence-corrected chi connectivity index (χ3v) is 5.68. The molecule has 5 heteroatoms. The molecule has 1 N–H and O–H groups in total. The average Bonchev–Trinajstić information content (AvgIpc) is 3.02. The summed E-state index contributed by atoms with van der Waals surface area (Å²) in [7, 11) is 0. The summed E-state index contributed by atoms with van der Waals surface area (Å²) in [6, 6.07) is 23.7. The number of hydrogen-bond donors (Lipinski definition) is 1. The van der Waals surface area contributed by atoms with Gasteiger partial charge in [0.2, 0.25) is 0 Å². The fourth-order valence-electron chi connectivity index (χ4n) is 3.81. The lowest BCUT2D eigenvalue weighted by molar-refractivity contribution is -0.130. The summed E-state index contributed by atoms with van der Waals surface area (Å²) >= 11 is 0. The molecule has 3 amide bonds. The molecular weight excluding hydrogens is 374 g/mol. The first-order chi connectivity index (χ1) is 14.5. The lowest BCUT2D eigenvalue weighted by atomic mass is 9.81. The highest BCUT2D eigenvalue weighted by atomic mass is 16.2. The summed E-state index contributed by atoms with van der Waals surface area (Å²) in [6.45, 7) is 4.14. The van der Waals surface area contributed by atoms with Crippen LogP contribution in [0.25, 0.3) is 0 Å². The highest BCUT2D eigenvalue weighted by Gasteiger charge is 2.53. The van der Waals surface area contributed by atoms with Crippen molar-refractivity contribution in [1.29, 1.82) is 5.26 Å². The molecule has 4 rings (SSSR count). The molecule has 3 aromatic rings. The normalized spacial score (nSPS) is 18.2. The molecule has 30 heavy (non-hydrogen) atoms. The first-order valence-electron chi connectivity index (χ1n) is 9.72. The van der Waals surface area contributed by atoms with Crippen LogP contribution in [0.5, 0.6) is 0 Å². The Balaban J connectivity index is 1.79. The number of urea groups is 1. The van der Waals surface area contributed by atoms with Crippen molar-refractivity contribution in [2.24, 2.45) is 0 Å². The number of benzene rings is 3. The van der Waals surface area contributed by atoms with Gasteiger partial charge in [0.1, 0.15) is 0 Å². The number of amides is 3. The number of rotatable bonds is 4. The molecule has 0 bridgehead atoms. The van der Waals surface area contributed by atoms with Crippen LogP contribution in [0, 0.1) is 25.2 Å². The maximum atomic E-state index is 13.8. The van der Waals surface area contributed by atoms with Crippen molar-refractivity contribution >= 4 is 11.9 Å². The first kappa shape index (κ1) is 19.4. The van der Waals surface area contributed by atoms with Crippen LogP contribution in [0.4, 0.5) is 4.79 Å².